The van der Waals surface area contributed by atoms with Crippen LogP contribution < -0.4 is 10.3 Å². The van der Waals surface area contributed by atoms with Crippen LogP contribution in [-0.4, -0.2) is 63.4 Å². The van der Waals surface area contributed by atoms with Gasteiger partial charge in [-0.25, -0.2) is 19.0 Å². The van der Waals surface area contributed by atoms with Crippen LogP contribution in [0, 0.1) is 11.7 Å². The van der Waals surface area contributed by atoms with E-state index in [4.69, 9.17) is 4.74 Å². The Bertz CT molecular complexity index is 1200. The first-order chi connectivity index (χ1) is 15.9. The molecule has 0 unspecified atom stereocenters. The van der Waals surface area contributed by atoms with Gasteiger partial charge in [0.15, 0.2) is 11.6 Å². The molecular weight excluding hydrogens is 443 g/mol. The second kappa shape index (κ2) is 8.56. The molecule has 0 aromatic carbocycles. The summed E-state index contributed by atoms with van der Waals surface area (Å²) in [7, 11) is 1.70. The molecule has 1 aliphatic heterocycles. The zero-order valence-corrected chi connectivity index (χ0v) is 20.2. The fourth-order valence-electron chi connectivity index (χ4n) is 4.43. The number of carboxylic acid groups (broad SMARTS) is 1. The SMILES string of the molecule is C[C@H]([C@H]1CCN(c2nc3c(cc2F)c(=O)c(C(=O)O)cn3C2CC2)C1)N(C)C(=O)OC(C)(C)C. The van der Waals surface area contributed by atoms with E-state index in [9.17, 15) is 19.5 Å². The van der Waals surface area contributed by atoms with Gasteiger partial charge in [-0.05, 0) is 58.9 Å². The maximum absolute atomic E-state index is 15.1. The van der Waals surface area contributed by atoms with Crippen LogP contribution >= 0.6 is 0 Å². The summed E-state index contributed by atoms with van der Waals surface area (Å²) in [6.45, 7) is 8.43. The monoisotopic (exact) mass is 474 g/mol. The van der Waals surface area contributed by atoms with Gasteiger partial charge in [0.05, 0.1) is 5.39 Å². The smallest absolute Gasteiger partial charge is 0.410 e. The molecule has 1 saturated carbocycles. The van der Waals surface area contributed by atoms with Gasteiger partial charge in [0, 0.05) is 38.4 Å². The Balaban J connectivity index is 1.61. The van der Waals surface area contributed by atoms with Gasteiger partial charge in [-0.15, -0.1) is 0 Å². The number of carboxylic acids is 1. The fourth-order valence-corrected chi connectivity index (χ4v) is 4.43. The molecule has 184 valence electrons. The lowest BCUT2D eigenvalue weighted by Gasteiger charge is -2.32. The highest BCUT2D eigenvalue weighted by Gasteiger charge is 2.35. The van der Waals surface area contributed by atoms with Gasteiger partial charge in [0.25, 0.3) is 0 Å². The zero-order valence-electron chi connectivity index (χ0n) is 20.2. The molecule has 0 radical (unpaired) electrons. The van der Waals surface area contributed by atoms with Crippen LogP contribution in [0.1, 0.15) is 63.4 Å². The van der Waals surface area contributed by atoms with Gasteiger partial charge in [-0.1, -0.05) is 0 Å². The number of aromatic nitrogens is 2. The summed E-state index contributed by atoms with van der Waals surface area (Å²) in [5, 5.41) is 9.38. The van der Waals surface area contributed by atoms with Crippen molar-refractivity contribution in [1.82, 2.24) is 14.5 Å². The minimum Gasteiger partial charge on any atom is -0.477 e. The summed E-state index contributed by atoms with van der Waals surface area (Å²) in [5.74, 6) is -1.78. The molecule has 2 aromatic rings. The van der Waals surface area contributed by atoms with Gasteiger partial charge in [0.1, 0.15) is 16.8 Å². The lowest BCUT2D eigenvalue weighted by atomic mass is 10.00. The van der Waals surface area contributed by atoms with Crippen molar-refractivity contribution in [3.63, 3.8) is 0 Å². The Morgan fingerprint density at radius 1 is 1.29 bits per heavy atom. The molecule has 1 N–H and O–H groups in total. The first-order valence-electron chi connectivity index (χ1n) is 11.6. The predicted molar refractivity (Wildman–Crippen MR) is 125 cm³/mol. The molecule has 0 spiro atoms. The number of carbonyl (C=O) groups excluding carboxylic acids is 1. The number of anilines is 1. The zero-order chi connectivity index (χ0) is 24.9. The first-order valence-corrected chi connectivity index (χ1v) is 11.6. The number of ether oxygens (including phenoxy) is 1. The van der Waals surface area contributed by atoms with Crippen LogP contribution in [0.5, 0.6) is 0 Å². The molecule has 2 aromatic heterocycles. The Morgan fingerprint density at radius 3 is 2.56 bits per heavy atom. The Kier molecular flexibility index (Phi) is 6.03. The van der Waals surface area contributed by atoms with Crippen LogP contribution in [-0.2, 0) is 4.74 Å². The highest BCUT2D eigenvalue weighted by molar-refractivity contribution is 5.92. The summed E-state index contributed by atoms with van der Waals surface area (Å²) >= 11 is 0. The van der Waals surface area contributed by atoms with Crippen LogP contribution in [0.15, 0.2) is 17.1 Å². The quantitative estimate of drug-likeness (QED) is 0.705. The molecule has 9 nitrogen and oxygen atoms in total. The number of pyridine rings is 2. The maximum atomic E-state index is 15.1. The van der Waals surface area contributed by atoms with Crippen LogP contribution in [0.4, 0.5) is 15.0 Å². The second-order valence-electron chi connectivity index (χ2n) is 10.3. The van der Waals surface area contributed by atoms with Crippen molar-refractivity contribution in [2.75, 3.05) is 25.0 Å². The van der Waals surface area contributed by atoms with E-state index < -0.39 is 28.9 Å². The van der Waals surface area contributed by atoms with E-state index in [0.717, 1.165) is 25.3 Å². The van der Waals surface area contributed by atoms with Gasteiger partial charge < -0.3 is 24.2 Å². The van der Waals surface area contributed by atoms with E-state index in [2.05, 4.69) is 4.98 Å². The number of fused-ring (bicyclic) bond motifs is 1. The lowest BCUT2D eigenvalue weighted by Crippen LogP contribution is -2.43. The van der Waals surface area contributed by atoms with Crippen molar-refractivity contribution in [2.45, 2.75) is 64.6 Å². The van der Waals surface area contributed by atoms with Gasteiger partial charge in [-0.3, -0.25) is 4.79 Å². The lowest BCUT2D eigenvalue weighted by molar-refractivity contribution is 0.0192. The predicted octanol–water partition coefficient (Wildman–Crippen LogP) is 3.65. The number of halogens is 1. The number of hydrogen-bond donors (Lipinski definition) is 1. The average molecular weight is 475 g/mol. The third-order valence-electron chi connectivity index (χ3n) is 6.61. The van der Waals surface area contributed by atoms with E-state index >= 15 is 4.39 Å². The average Bonchev–Trinajstić information content (AvgIpc) is 3.47. The van der Waals surface area contributed by atoms with Crippen molar-refractivity contribution < 1.29 is 23.8 Å². The number of aromatic carboxylic acids is 1. The number of nitrogens with zero attached hydrogens (tertiary/aromatic N) is 4. The van der Waals surface area contributed by atoms with Crippen LogP contribution in [0.2, 0.25) is 0 Å². The Morgan fingerprint density at radius 2 is 1.97 bits per heavy atom. The minimum absolute atomic E-state index is 0.0261. The first kappa shape index (κ1) is 24.0. The number of rotatable bonds is 5. The van der Waals surface area contributed by atoms with E-state index in [0.29, 0.717) is 18.7 Å². The molecule has 4 rings (SSSR count). The molecule has 3 heterocycles. The Labute approximate surface area is 197 Å². The largest absolute Gasteiger partial charge is 0.477 e. The van der Waals surface area contributed by atoms with Gasteiger partial charge in [0.2, 0.25) is 5.43 Å². The molecule has 1 aliphatic carbocycles. The molecule has 10 heteroatoms. The highest BCUT2D eigenvalue weighted by atomic mass is 19.1. The van der Waals surface area contributed by atoms with Gasteiger partial charge in [-0.2, -0.15) is 0 Å². The van der Waals surface area contributed by atoms with Crippen LogP contribution in [0.25, 0.3) is 11.0 Å². The minimum atomic E-state index is -1.34. The third kappa shape index (κ3) is 4.58. The summed E-state index contributed by atoms with van der Waals surface area (Å²) in [5.41, 5.74) is -1.41. The summed E-state index contributed by atoms with van der Waals surface area (Å²) < 4.78 is 22.3. The van der Waals surface area contributed by atoms with E-state index in [1.165, 1.54) is 6.20 Å². The fraction of sp³-hybridized carbons (Fsp3) is 0.583. The number of hydrogen-bond acceptors (Lipinski definition) is 6. The molecule has 1 saturated heterocycles. The van der Waals surface area contributed by atoms with Crippen molar-refractivity contribution in [3.05, 3.63) is 33.9 Å². The Hall–Kier alpha value is -3.17. The van der Waals surface area contributed by atoms with Crippen molar-refractivity contribution >= 4 is 28.9 Å². The van der Waals surface area contributed by atoms with Crippen molar-refractivity contribution in [3.8, 4) is 0 Å². The van der Waals surface area contributed by atoms with Crippen molar-refractivity contribution in [2.24, 2.45) is 5.92 Å². The molecular formula is C24H31FN4O5. The number of amides is 1. The topological polar surface area (TPSA) is 105 Å². The maximum Gasteiger partial charge on any atom is 0.410 e. The van der Waals surface area contributed by atoms with E-state index in [-0.39, 0.29) is 34.8 Å². The molecule has 2 fully saturated rings. The number of carbonyl (C=O) groups is 2. The summed E-state index contributed by atoms with van der Waals surface area (Å²) in [6, 6.07) is 1.03. The molecule has 2 aliphatic rings. The summed E-state index contributed by atoms with van der Waals surface area (Å²) in [6.07, 6.45) is 3.36. The standard InChI is InChI=1S/C24H31FN4O5/c1-13(27(5)23(33)34-24(2,3)4)14-8-9-28(11-14)21-18(25)10-16-19(30)17(22(31)32)12-29(15-6-7-15)20(16)26-21/h10,12-15H,6-9,11H2,1-5H3,(H,31,32)/t13-,14+/m1/s1. The molecule has 0 bridgehead atoms. The molecule has 2 atom stereocenters. The highest BCUT2D eigenvalue weighted by Crippen LogP contribution is 2.37. The van der Waals surface area contributed by atoms with Gasteiger partial charge >= 0.3 is 12.1 Å². The molecule has 34 heavy (non-hydrogen) atoms. The van der Waals surface area contributed by atoms with E-state index in [1.807, 2.05) is 32.6 Å². The second-order valence-corrected chi connectivity index (χ2v) is 10.3. The third-order valence-corrected chi connectivity index (χ3v) is 6.61. The van der Waals surface area contributed by atoms with Crippen LogP contribution in [0.3, 0.4) is 0 Å². The molecule has 1 amide bonds. The van der Waals surface area contributed by atoms with Crippen molar-refractivity contribution in [1.29, 1.82) is 0 Å². The summed E-state index contributed by atoms with van der Waals surface area (Å²) in [4.78, 5) is 44.6. The normalized spacial score (nSPS) is 19.4. The van der Waals surface area contributed by atoms with E-state index in [1.54, 1.807) is 16.5 Å².